The molecule has 4 nitrogen and oxygen atoms in total. The van der Waals surface area contributed by atoms with E-state index in [1.807, 2.05) is 0 Å². The molecule has 6 heteroatoms. The van der Waals surface area contributed by atoms with Gasteiger partial charge in [0.2, 0.25) is 0 Å². The van der Waals surface area contributed by atoms with Crippen LogP contribution in [0, 0.1) is 11.2 Å². The zero-order valence-corrected chi connectivity index (χ0v) is 12.0. The number of nitrogens with one attached hydrogen (secondary N) is 1. The van der Waals surface area contributed by atoms with Crippen LogP contribution in [-0.2, 0) is 4.79 Å². The van der Waals surface area contributed by atoms with Gasteiger partial charge in [-0.25, -0.2) is 4.39 Å². The predicted molar refractivity (Wildman–Crippen MR) is 78.0 cm³/mol. The van der Waals surface area contributed by atoms with Crippen molar-refractivity contribution in [3.05, 3.63) is 35.0 Å². The zero-order chi connectivity index (χ0) is 15.0. The molecule has 1 amide bonds. The minimum absolute atomic E-state index is 0.143. The van der Waals surface area contributed by atoms with Crippen molar-refractivity contribution in [3.63, 3.8) is 0 Å². The van der Waals surface area contributed by atoms with Crippen LogP contribution in [0.3, 0.4) is 0 Å². The van der Waals surface area contributed by atoms with E-state index in [1.54, 1.807) is 12.1 Å². The molecule has 0 unspecified atom stereocenters. The number of carbonyl (C=O) groups is 2. The molecule has 1 heterocycles. The molecule has 3 rings (SSSR count). The monoisotopic (exact) mass is 307 g/mol. The third kappa shape index (κ3) is 2.51. The van der Waals surface area contributed by atoms with Gasteiger partial charge in [-0.15, -0.1) is 11.3 Å². The molecule has 1 aliphatic carbocycles. The summed E-state index contributed by atoms with van der Waals surface area (Å²) in [6.07, 6.45) is 2.07. The van der Waals surface area contributed by atoms with Crippen molar-refractivity contribution in [2.45, 2.75) is 19.3 Å². The lowest BCUT2D eigenvalue weighted by molar-refractivity contribution is -0.153. The van der Waals surface area contributed by atoms with Crippen molar-refractivity contribution < 1.29 is 19.1 Å². The minimum atomic E-state index is -0.854. The number of aliphatic carboxylic acids is 1. The van der Waals surface area contributed by atoms with Crippen LogP contribution in [0.2, 0.25) is 0 Å². The van der Waals surface area contributed by atoms with Crippen LogP contribution in [0.25, 0.3) is 10.1 Å². The Kier molecular flexibility index (Phi) is 3.41. The molecule has 110 valence electrons. The summed E-state index contributed by atoms with van der Waals surface area (Å²) in [6, 6.07) is 6.07. The van der Waals surface area contributed by atoms with Crippen LogP contribution in [0.4, 0.5) is 4.39 Å². The van der Waals surface area contributed by atoms with Gasteiger partial charge in [-0.1, -0.05) is 12.5 Å². The lowest BCUT2D eigenvalue weighted by atomic mass is 9.69. The van der Waals surface area contributed by atoms with E-state index in [9.17, 15) is 19.1 Å². The Balaban J connectivity index is 1.73. The topological polar surface area (TPSA) is 66.4 Å². The van der Waals surface area contributed by atoms with Crippen LogP contribution in [0.15, 0.2) is 24.3 Å². The number of carboxylic acid groups (broad SMARTS) is 1. The van der Waals surface area contributed by atoms with Crippen molar-refractivity contribution >= 4 is 33.3 Å². The highest BCUT2D eigenvalue weighted by Crippen LogP contribution is 2.40. The number of benzene rings is 1. The van der Waals surface area contributed by atoms with Gasteiger partial charge in [-0.3, -0.25) is 9.59 Å². The molecule has 1 aromatic carbocycles. The SMILES string of the molecule is O=C(NCC1(C(=O)O)CCC1)c1cc2ccc(F)cc2s1. The van der Waals surface area contributed by atoms with Crippen molar-refractivity contribution in [1.82, 2.24) is 5.32 Å². The van der Waals surface area contributed by atoms with Gasteiger partial charge in [-0.2, -0.15) is 0 Å². The van der Waals surface area contributed by atoms with E-state index >= 15 is 0 Å². The number of rotatable bonds is 4. The number of carbonyl (C=O) groups excluding carboxylic acids is 1. The Labute approximate surface area is 124 Å². The highest BCUT2D eigenvalue weighted by Gasteiger charge is 2.44. The first-order valence-corrected chi connectivity index (χ1v) is 7.53. The molecule has 1 aliphatic rings. The molecule has 0 bridgehead atoms. The average molecular weight is 307 g/mol. The molecule has 0 radical (unpaired) electrons. The quantitative estimate of drug-likeness (QED) is 0.912. The predicted octanol–water partition coefficient (Wildman–Crippen LogP) is 3.03. The van der Waals surface area contributed by atoms with Gasteiger partial charge in [0.05, 0.1) is 10.3 Å². The molecular formula is C15H14FNO3S. The fourth-order valence-corrected chi connectivity index (χ4v) is 3.53. The third-order valence-electron chi connectivity index (χ3n) is 4.06. The Bertz CT molecular complexity index is 721. The van der Waals surface area contributed by atoms with E-state index in [4.69, 9.17) is 0 Å². The average Bonchev–Trinajstić information content (AvgIpc) is 2.79. The largest absolute Gasteiger partial charge is 0.481 e. The van der Waals surface area contributed by atoms with Crippen LogP contribution in [-0.4, -0.2) is 23.5 Å². The lowest BCUT2D eigenvalue weighted by Crippen LogP contribution is -2.47. The second kappa shape index (κ2) is 5.11. The van der Waals surface area contributed by atoms with E-state index in [0.717, 1.165) is 11.8 Å². The standard InChI is InChI=1S/C15H14FNO3S/c16-10-3-2-9-6-12(21-11(9)7-10)13(18)17-8-15(14(19)20)4-1-5-15/h2-3,6-7H,1,4-5,8H2,(H,17,18)(H,19,20). The number of fused-ring (bicyclic) bond motifs is 1. The second-order valence-corrected chi connectivity index (χ2v) is 6.50. The first-order valence-electron chi connectivity index (χ1n) is 6.71. The number of hydrogen-bond acceptors (Lipinski definition) is 3. The Morgan fingerprint density at radius 1 is 1.33 bits per heavy atom. The summed E-state index contributed by atoms with van der Waals surface area (Å²) < 4.78 is 13.8. The molecule has 2 N–H and O–H groups in total. The molecule has 1 aromatic heterocycles. The number of halogens is 1. The van der Waals surface area contributed by atoms with Gasteiger partial charge < -0.3 is 10.4 Å². The van der Waals surface area contributed by atoms with Crippen molar-refractivity contribution in [2.24, 2.45) is 5.41 Å². The van der Waals surface area contributed by atoms with E-state index in [-0.39, 0.29) is 18.3 Å². The number of amides is 1. The molecule has 0 spiro atoms. The highest BCUT2D eigenvalue weighted by molar-refractivity contribution is 7.20. The highest BCUT2D eigenvalue weighted by atomic mass is 32.1. The van der Waals surface area contributed by atoms with E-state index < -0.39 is 11.4 Å². The summed E-state index contributed by atoms with van der Waals surface area (Å²) in [6.45, 7) is 0.143. The summed E-state index contributed by atoms with van der Waals surface area (Å²) in [5.41, 5.74) is -0.807. The molecule has 1 saturated carbocycles. The zero-order valence-electron chi connectivity index (χ0n) is 11.2. The Morgan fingerprint density at radius 3 is 2.71 bits per heavy atom. The number of carboxylic acids is 1. The number of hydrogen-bond donors (Lipinski definition) is 2. The Morgan fingerprint density at radius 2 is 2.10 bits per heavy atom. The number of thiophene rings is 1. The minimum Gasteiger partial charge on any atom is -0.481 e. The third-order valence-corrected chi connectivity index (χ3v) is 5.15. The van der Waals surface area contributed by atoms with Gasteiger partial charge in [0.1, 0.15) is 5.82 Å². The van der Waals surface area contributed by atoms with E-state index in [1.165, 1.54) is 23.5 Å². The molecular weight excluding hydrogens is 293 g/mol. The Hall–Kier alpha value is -1.95. The van der Waals surface area contributed by atoms with Crippen molar-refractivity contribution in [1.29, 1.82) is 0 Å². The van der Waals surface area contributed by atoms with Crippen molar-refractivity contribution in [2.75, 3.05) is 6.54 Å². The summed E-state index contributed by atoms with van der Waals surface area (Å²) in [4.78, 5) is 23.8. The maximum Gasteiger partial charge on any atom is 0.311 e. The fourth-order valence-electron chi connectivity index (χ4n) is 2.52. The summed E-state index contributed by atoms with van der Waals surface area (Å²) in [7, 11) is 0. The van der Waals surface area contributed by atoms with Crippen LogP contribution in [0.5, 0.6) is 0 Å². The van der Waals surface area contributed by atoms with Gasteiger partial charge >= 0.3 is 5.97 Å². The molecule has 0 atom stereocenters. The van der Waals surface area contributed by atoms with E-state index in [0.29, 0.717) is 22.4 Å². The van der Waals surface area contributed by atoms with Crippen LogP contribution in [0.1, 0.15) is 28.9 Å². The molecule has 1 fully saturated rings. The summed E-state index contributed by atoms with van der Waals surface area (Å²) in [5.74, 6) is -1.49. The molecule has 21 heavy (non-hydrogen) atoms. The van der Waals surface area contributed by atoms with Gasteiger partial charge in [0.25, 0.3) is 5.91 Å². The molecule has 0 saturated heterocycles. The van der Waals surface area contributed by atoms with Gasteiger partial charge in [0.15, 0.2) is 0 Å². The fraction of sp³-hybridized carbons (Fsp3) is 0.333. The normalized spacial score (nSPS) is 16.4. The lowest BCUT2D eigenvalue weighted by Gasteiger charge is -2.37. The smallest absolute Gasteiger partial charge is 0.311 e. The van der Waals surface area contributed by atoms with Crippen LogP contribution < -0.4 is 5.32 Å². The van der Waals surface area contributed by atoms with E-state index in [2.05, 4.69) is 5.32 Å². The molecule has 2 aromatic rings. The van der Waals surface area contributed by atoms with Gasteiger partial charge in [0, 0.05) is 11.2 Å². The summed E-state index contributed by atoms with van der Waals surface area (Å²) in [5, 5.41) is 12.7. The van der Waals surface area contributed by atoms with Gasteiger partial charge in [-0.05, 0) is 36.4 Å². The van der Waals surface area contributed by atoms with Crippen molar-refractivity contribution in [3.8, 4) is 0 Å². The molecule has 0 aliphatic heterocycles. The first kappa shape index (κ1) is 14.0. The maximum absolute atomic E-state index is 13.1. The first-order chi connectivity index (χ1) is 10.00. The summed E-state index contributed by atoms with van der Waals surface area (Å²) >= 11 is 1.20. The second-order valence-electron chi connectivity index (χ2n) is 5.41. The van der Waals surface area contributed by atoms with Crippen LogP contribution >= 0.6 is 11.3 Å². The maximum atomic E-state index is 13.1.